The quantitative estimate of drug-likeness (QED) is 0.368. The van der Waals surface area contributed by atoms with Crippen molar-refractivity contribution in [3.8, 4) is 0 Å². The second-order valence-electron chi connectivity index (χ2n) is 5.30. The third-order valence-corrected chi connectivity index (χ3v) is 5.49. The fourth-order valence-electron chi connectivity index (χ4n) is 2.55. The zero-order valence-corrected chi connectivity index (χ0v) is 15.3. The molecule has 1 fully saturated rings. The van der Waals surface area contributed by atoms with Gasteiger partial charge in [-0.1, -0.05) is 18.2 Å². The number of hydrogen-bond acceptors (Lipinski definition) is 3. The number of amides is 2. The monoisotopic (exact) mass is 446 g/mol. The van der Waals surface area contributed by atoms with Gasteiger partial charge in [0.2, 0.25) is 0 Å². The normalized spacial score (nSPS) is 16.2. The average Bonchev–Trinajstić information content (AvgIpc) is 3.11. The molecule has 6 heteroatoms. The second-order valence-corrected chi connectivity index (χ2v) is 7.66. The van der Waals surface area contributed by atoms with Crippen LogP contribution in [0.25, 0.3) is 16.2 Å². The number of thiophene rings is 1. The number of carbonyl (C=O) groups excluding carboxylic acids is 2. The minimum atomic E-state index is -0.379. The van der Waals surface area contributed by atoms with E-state index in [-0.39, 0.29) is 17.4 Å². The zero-order valence-electron chi connectivity index (χ0n) is 12.3. The van der Waals surface area contributed by atoms with Crippen LogP contribution in [0.15, 0.2) is 60.2 Å². The molecule has 3 aromatic rings. The van der Waals surface area contributed by atoms with Crippen LogP contribution in [0, 0.1) is 3.57 Å². The van der Waals surface area contributed by atoms with Crippen molar-refractivity contribution in [1.29, 1.82) is 0 Å². The molecule has 0 aliphatic carbocycles. The summed E-state index contributed by atoms with van der Waals surface area (Å²) in [5.74, 6) is -0.713. The van der Waals surface area contributed by atoms with Crippen molar-refractivity contribution in [3.05, 3.63) is 68.6 Å². The fourth-order valence-corrected chi connectivity index (χ4v) is 3.91. The molecule has 0 spiro atoms. The van der Waals surface area contributed by atoms with Crippen LogP contribution >= 0.6 is 33.9 Å². The van der Waals surface area contributed by atoms with Gasteiger partial charge in [0.1, 0.15) is 5.57 Å². The molecule has 0 atom stereocenters. The van der Waals surface area contributed by atoms with Crippen molar-refractivity contribution in [3.63, 3.8) is 0 Å². The van der Waals surface area contributed by atoms with E-state index in [1.54, 1.807) is 17.4 Å². The van der Waals surface area contributed by atoms with E-state index >= 15 is 0 Å². The molecule has 1 aliphatic heterocycles. The first-order valence-corrected chi connectivity index (χ1v) is 9.12. The molecule has 1 aliphatic rings. The van der Waals surface area contributed by atoms with Crippen LogP contribution < -0.4 is 10.4 Å². The van der Waals surface area contributed by atoms with E-state index in [9.17, 15) is 9.59 Å². The highest BCUT2D eigenvalue weighted by molar-refractivity contribution is 14.1. The van der Waals surface area contributed by atoms with E-state index < -0.39 is 0 Å². The van der Waals surface area contributed by atoms with Crippen LogP contribution in [0.3, 0.4) is 0 Å². The third-order valence-electron chi connectivity index (χ3n) is 3.71. The van der Waals surface area contributed by atoms with Crippen LogP contribution in [-0.2, 0) is 9.59 Å². The summed E-state index contributed by atoms with van der Waals surface area (Å²) in [6.45, 7) is 0. The van der Waals surface area contributed by atoms with E-state index in [1.165, 1.54) is 5.01 Å². The number of fused-ring (bicyclic) bond motifs is 1. The Morgan fingerprint density at radius 3 is 2.54 bits per heavy atom. The highest BCUT2D eigenvalue weighted by Crippen LogP contribution is 2.29. The van der Waals surface area contributed by atoms with Crippen molar-refractivity contribution >= 4 is 67.6 Å². The Morgan fingerprint density at radius 1 is 1.04 bits per heavy atom. The molecule has 1 aromatic heterocycles. The highest BCUT2D eigenvalue weighted by atomic mass is 127. The van der Waals surface area contributed by atoms with Crippen LogP contribution in [0.5, 0.6) is 0 Å². The summed E-state index contributed by atoms with van der Waals surface area (Å²) in [5.41, 5.74) is 3.42. The van der Waals surface area contributed by atoms with Crippen molar-refractivity contribution in [2.45, 2.75) is 0 Å². The Hall–Kier alpha value is -2.19. The minimum absolute atomic E-state index is 0.153. The first-order valence-electron chi connectivity index (χ1n) is 7.23. The molecule has 2 amide bonds. The van der Waals surface area contributed by atoms with Crippen molar-refractivity contribution in [2.24, 2.45) is 0 Å². The maximum atomic E-state index is 12.6. The van der Waals surface area contributed by atoms with Gasteiger partial charge in [-0.05, 0) is 70.5 Å². The number of nitrogens with one attached hydrogen (secondary N) is 1. The van der Waals surface area contributed by atoms with Gasteiger partial charge in [0, 0.05) is 13.1 Å². The predicted octanol–water partition coefficient (Wildman–Crippen LogP) is 3.97. The van der Waals surface area contributed by atoms with Gasteiger partial charge in [-0.15, -0.1) is 11.3 Å². The molecule has 1 saturated heterocycles. The Labute approximate surface area is 155 Å². The van der Waals surface area contributed by atoms with Crippen LogP contribution in [-0.4, -0.2) is 11.8 Å². The van der Waals surface area contributed by atoms with Crippen LogP contribution in [0.1, 0.15) is 4.88 Å². The van der Waals surface area contributed by atoms with Gasteiger partial charge >= 0.3 is 0 Å². The smallest absolute Gasteiger partial charge is 0.267 e. The molecule has 4 rings (SSSR count). The fraction of sp³-hybridized carbons (Fsp3) is 0. The lowest BCUT2D eigenvalue weighted by Crippen LogP contribution is -2.35. The minimum Gasteiger partial charge on any atom is -0.267 e. The SMILES string of the molecule is O=C1NN(c2ccc(I)cc2)C(=O)/C1=C/c1cc2ccccc2s1. The van der Waals surface area contributed by atoms with Crippen molar-refractivity contribution in [1.82, 2.24) is 5.43 Å². The van der Waals surface area contributed by atoms with Gasteiger partial charge < -0.3 is 0 Å². The first-order chi connectivity index (χ1) is 11.6. The zero-order chi connectivity index (χ0) is 16.7. The standard InChI is InChI=1S/C18H11IN2O2S/c19-12-5-7-13(8-6-12)21-18(23)15(17(22)20-21)10-14-9-11-3-1-2-4-16(11)24-14/h1-10H,(H,20,22)/b15-10+. The summed E-state index contributed by atoms with van der Waals surface area (Å²) in [7, 11) is 0. The molecule has 0 radical (unpaired) electrons. The number of carbonyl (C=O) groups is 2. The Bertz CT molecular complexity index is 959. The number of anilines is 1. The number of nitrogens with zero attached hydrogens (tertiary/aromatic N) is 1. The maximum Gasteiger partial charge on any atom is 0.282 e. The Balaban J connectivity index is 1.69. The molecule has 0 saturated carbocycles. The number of hydrazine groups is 1. The molecule has 0 unspecified atom stereocenters. The molecule has 2 aromatic carbocycles. The van der Waals surface area contributed by atoms with E-state index in [4.69, 9.17) is 0 Å². The molecule has 24 heavy (non-hydrogen) atoms. The maximum absolute atomic E-state index is 12.6. The van der Waals surface area contributed by atoms with Gasteiger partial charge in [0.25, 0.3) is 11.8 Å². The van der Waals surface area contributed by atoms with E-state index in [2.05, 4.69) is 28.0 Å². The number of benzene rings is 2. The summed E-state index contributed by atoms with van der Waals surface area (Å²) in [5, 5.41) is 2.40. The van der Waals surface area contributed by atoms with Gasteiger partial charge in [-0.3, -0.25) is 15.0 Å². The van der Waals surface area contributed by atoms with Crippen molar-refractivity contribution < 1.29 is 9.59 Å². The number of hydrogen-bond donors (Lipinski definition) is 1. The molecular weight excluding hydrogens is 435 g/mol. The lowest BCUT2D eigenvalue weighted by molar-refractivity contribution is -0.117. The lowest BCUT2D eigenvalue weighted by atomic mass is 10.2. The van der Waals surface area contributed by atoms with Gasteiger partial charge in [-0.2, -0.15) is 0 Å². The van der Waals surface area contributed by atoms with E-state index in [1.807, 2.05) is 54.6 Å². The van der Waals surface area contributed by atoms with Crippen molar-refractivity contribution in [2.75, 3.05) is 5.01 Å². The molecule has 118 valence electrons. The largest absolute Gasteiger partial charge is 0.282 e. The molecule has 1 N–H and O–H groups in total. The van der Waals surface area contributed by atoms with Crippen LogP contribution in [0.2, 0.25) is 0 Å². The highest BCUT2D eigenvalue weighted by Gasteiger charge is 2.34. The molecule has 0 bridgehead atoms. The Kier molecular flexibility index (Phi) is 3.85. The summed E-state index contributed by atoms with van der Waals surface area (Å²) in [4.78, 5) is 25.7. The molecular formula is C18H11IN2O2S. The molecule has 2 heterocycles. The molecule has 4 nitrogen and oxygen atoms in total. The summed E-state index contributed by atoms with van der Waals surface area (Å²) in [6.07, 6.45) is 1.66. The third kappa shape index (κ3) is 2.71. The topological polar surface area (TPSA) is 49.4 Å². The predicted molar refractivity (Wildman–Crippen MR) is 105 cm³/mol. The summed E-state index contributed by atoms with van der Waals surface area (Å²) < 4.78 is 2.19. The average molecular weight is 446 g/mol. The lowest BCUT2D eigenvalue weighted by Gasteiger charge is -2.14. The first kappa shape index (κ1) is 15.3. The Morgan fingerprint density at radius 2 is 1.79 bits per heavy atom. The van der Waals surface area contributed by atoms with Gasteiger partial charge in [0.15, 0.2) is 0 Å². The van der Waals surface area contributed by atoms with Crippen LogP contribution in [0.4, 0.5) is 5.69 Å². The summed E-state index contributed by atoms with van der Waals surface area (Å²) >= 11 is 3.75. The van der Waals surface area contributed by atoms with Gasteiger partial charge in [0.05, 0.1) is 5.69 Å². The number of halogens is 1. The number of rotatable bonds is 2. The van der Waals surface area contributed by atoms with E-state index in [0.29, 0.717) is 5.69 Å². The summed E-state index contributed by atoms with van der Waals surface area (Å²) in [6, 6.07) is 17.4. The van der Waals surface area contributed by atoms with E-state index in [0.717, 1.165) is 18.5 Å². The van der Waals surface area contributed by atoms with Gasteiger partial charge in [-0.25, -0.2) is 5.01 Å². The second kappa shape index (κ2) is 6.03.